The number of rotatable bonds is 12. The van der Waals surface area contributed by atoms with E-state index in [2.05, 4.69) is 5.32 Å². The normalized spacial score (nSPS) is 12.9. The van der Waals surface area contributed by atoms with Gasteiger partial charge in [0.25, 0.3) is 12.2 Å². The highest BCUT2D eigenvalue weighted by molar-refractivity contribution is 6.30. The molecule has 0 aliphatic carbocycles. The van der Waals surface area contributed by atoms with Crippen LogP contribution in [-0.4, -0.2) is 49.1 Å². The van der Waals surface area contributed by atoms with Crippen LogP contribution < -0.4 is 15.8 Å². The first-order chi connectivity index (χ1) is 18.6. The number of hydrogen-bond acceptors (Lipinski definition) is 8. The second-order valence-electron chi connectivity index (χ2n) is 11.4. The van der Waals surface area contributed by atoms with Crippen LogP contribution in [0.2, 0.25) is 5.02 Å². The van der Waals surface area contributed by atoms with E-state index in [1.807, 2.05) is 32.9 Å². The van der Waals surface area contributed by atoms with E-state index in [0.717, 1.165) is 5.56 Å². The molecule has 0 aliphatic heterocycles. The molecular formula is C30H42Cl2N2O7. The zero-order valence-corrected chi connectivity index (χ0v) is 26.3. The highest BCUT2D eigenvalue weighted by Crippen LogP contribution is 2.24. The van der Waals surface area contributed by atoms with Gasteiger partial charge in [-0.15, -0.1) is 12.4 Å². The number of halogens is 2. The van der Waals surface area contributed by atoms with Gasteiger partial charge in [-0.25, -0.2) is 9.59 Å². The van der Waals surface area contributed by atoms with Crippen molar-refractivity contribution in [3.05, 3.63) is 64.7 Å². The van der Waals surface area contributed by atoms with Crippen LogP contribution in [0.15, 0.2) is 48.5 Å². The molecule has 0 spiro atoms. The fourth-order valence-corrected chi connectivity index (χ4v) is 3.57. The van der Waals surface area contributed by atoms with Crippen LogP contribution in [0.3, 0.4) is 0 Å². The molecule has 2 rings (SSSR count). The van der Waals surface area contributed by atoms with Crippen LogP contribution in [0.25, 0.3) is 0 Å². The lowest BCUT2D eigenvalue weighted by atomic mass is 9.89. The highest BCUT2D eigenvalue weighted by atomic mass is 35.5. The highest BCUT2D eigenvalue weighted by Gasteiger charge is 2.37. The van der Waals surface area contributed by atoms with Crippen molar-refractivity contribution >= 4 is 42.0 Å². The number of amides is 1. The van der Waals surface area contributed by atoms with Crippen LogP contribution in [0.1, 0.15) is 64.4 Å². The fourth-order valence-electron chi connectivity index (χ4n) is 3.44. The summed E-state index contributed by atoms with van der Waals surface area (Å²) in [6.07, 6.45) is -2.09. The van der Waals surface area contributed by atoms with Gasteiger partial charge in [0.1, 0.15) is 11.9 Å². The van der Waals surface area contributed by atoms with Crippen LogP contribution in [0.5, 0.6) is 5.75 Å². The van der Waals surface area contributed by atoms with E-state index >= 15 is 0 Å². The average molecular weight is 614 g/mol. The van der Waals surface area contributed by atoms with Gasteiger partial charge in [0.15, 0.2) is 5.60 Å². The predicted octanol–water partition coefficient (Wildman–Crippen LogP) is 5.94. The number of nitrogens with one attached hydrogen (secondary N) is 1. The van der Waals surface area contributed by atoms with Crippen molar-refractivity contribution in [1.29, 1.82) is 0 Å². The van der Waals surface area contributed by atoms with E-state index < -0.39 is 30.1 Å². The van der Waals surface area contributed by atoms with Gasteiger partial charge < -0.3 is 30.0 Å². The van der Waals surface area contributed by atoms with Gasteiger partial charge in [-0.2, -0.15) is 0 Å². The topological polar surface area (TPSA) is 126 Å². The Bertz CT molecular complexity index is 1130. The number of hydrogen-bond donors (Lipinski definition) is 2. The molecule has 0 saturated heterocycles. The molecule has 2 aromatic carbocycles. The number of nitrogens with two attached hydrogens (primary N) is 1. The van der Waals surface area contributed by atoms with Gasteiger partial charge in [0.05, 0.1) is 0 Å². The van der Waals surface area contributed by atoms with E-state index in [-0.39, 0.29) is 36.2 Å². The van der Waals surface area contributed by atoms with E-state index in [1.165, 1.54) is 0 Å². The second kappa shape index (κ2) is 15.8. The third kappa shape index (κ3) is 11.8. The molecule has 0 saturated carbocycles. The first-order valence-corrected chi connectivity index (χ1v) is 13.6. The van der Waals surface area contributed by atoms with E-state index in [0.29, 0.717) is 29.3 Å². The number of carbonyl (C=O) groups is 3. The quantitative estimate of drug-likeness (QED) is 0.222. The van der Waals surface area contributed by atoms with Crippen molar-refractivity contribution in [2.45, 2.75) is 72.9 Å². The zero-order chi connectivity index (χ0) is 30.1. The third-order valence-electron chi connectivity index (χ3n) is 5.99. The zero-order valence-electron chi connectivity index (χ0n) is 24.7. The minimum Gasteiger partial charge on any atom is -0.476 e. The van der Waals surface area contributed by atoms with Crippen molar-refractivity contribution in [2.75, 3.05) is 13.1 Å². The van der Waals surface area contributed by atoms with Gasteiger partial charge in [-0.05, 0) is 62.2 Å². The Kier molecular flexibility index (Phi) is 13.9. The Morgan fingerprint density at radius 2 is 1.49 bits per heavy atom. The summed E-state index contributed by atoms with van der Waals surface area (Å²) in [6, 6.07) is 13.8. The molecular weight excluding hydrogens is 571 g/mol. The standard InChI is InChI=1S/C30H41ClN2O7.ClH/c1-19(2)26(39-28(36)37-24(18-32)29(3,4)5)38-27(35)30(6,7)40-23-14-8-20(9-15-23)16-17-33-25(34)21-10-12-22(31)13-11-21;/h8-15,19,24,26H,16-18,32H2,1-7H3,(H,33,34);1H. The summed E-state index contributed by atoms with van der Waals surface area (Å²) >= 11 is 5.86. The summed E-state index contributed by atoms with van der Waals surface area (Å²) in [5, 5.41) is 3.44. The van der Waals surface area contributed by atoms with Crippen LogP contribution in [-0.2, 0) is 25.4 Å². The molecule has 0 aromatic heterocycles. The van der Waals surface area contributed by atoms with Gasteiger partial charge in [0, 0.05) is 35.0 Å². The smallest absolute Gasteiger partial charge is 0.476 e. The van der Waals surface area contributed by atoms with Crippen LogP contribution in [0.4, 0.5) is 4.79 Å². The summed E-state index contributed by atoms with van der Waals surface area (Å²) in [5.41, 5.74) is 5.48. The number of benzene rings is 2. The Balaban J connectivity index is 0.00000840. The average Bonchev–Trinajstić information content (AvgIpc) is 2.87. The maximum absolute atomic E-state index is 13.0. The summed E-state index contributed by atoms with van der Waals surface area (Å²) in [7, 11) is 0. The first-order valence-electron chi connectivity index (χ1n) is 13.2. The van der Waals surface area contributed by atoms with E-state index in [1.54, 1.807) is 64.1 Å². The summed E-state index contributed by atoms with van der Waals surface area (Å²) in [5.74, 6) is -0.771. The molecule has 2 unspecified atom stereocenters. The van der Waals surface area contributed by atoms with Gasteiger partial charge >= 0.3 is 12.1 Å². The molecule has 0 heterocycles. The lowest BCUT2D eigenvalue weighted by molar-refractivity contribution is -0.195. The Hall–Kier alpha value is -3.01. The SMILES string of the molecule is CC(C)C(OC(=O)OC(CN)C(C)(C)C)OC(=O)C(C)(C)Oc1ccc(CCNC(=O)c2ccc(Cl)cc2)cc1.Cl. The van der Waals surface area contributed by atoms with Crippen molar-refractivity contribution in [3.63, 3.8) is 0 Å². The molecule has 2 atom stereocenters. The number of carbonyl (C=O) groups excluding carboxylic acids is 3. The van der Waals surface area contributed by atoms with Crippen molar-refractivity contribution < 1.29 is 33.3 Å². The summed E-state index contributed by atoms with van der Waals surface area (Å²) < 4.78 is 22.1. The first kappa shape index (κ1) is 36.0. The molecule has 9 nitrogen and oxygen atoms in total. The summed E-state index contributed by atoms with van der Waals surface area (Å²) in [4.78, 5) is 37.6. The molecule has 41 heavy (non-hydrogen) atoms. The Morgan fingerprint density at radius 1 is 0.902 bits per heavy atom. The molecule has 0 aliphatic rings. The molecule has 0 radical (unpaired) electrons. The molecule has 0 bridgehead atoms. The third-order valence-corrected chi connectivity index (χ3v) is 6.24. The van der Waals surface area contributed by atoms with E-state index in [4.69, 9.17) is 36.3 Å². The molecule has 1 amide bonds. The Labute approximate surface area is 253 Å². The fraction of sp³-hybridized carbons (Fsp3) is 0.500. The second-order valence-corrected chi connectivity index (χ2v) is 11.8. The van der Waals surface area contributed by atoms with Crippen molar-refractivity contribution in [3.8, 4) is 5.75 Å². The van der Waals surface area contributed by atoms with Gasteiger partial charge in [0.2, 0.25) is 0 Å². The summed E-state index contributed by atoms with van der Waals surface area (Å²) in [6.45, 7) is 12.9. The minimum absolute atomic E-state index is 0. The van der Waals surface area contributed by atoms with Gasteiger partial charge in [-0.1, -0.05) is 58.4 Å². The lowest BCUT2D eigenvalue weighted by Crippen LogP contribution is -2.44. The molecule has 3 N–H and O–H groups in total. The van der Waals surface area contributed by atoms with Crippen LogP contribution >= 0.6 is 24.0 Å². The molecule has 2 aromatic rings. The maximum atomic E-state index is 13.0. The monoisotopic (exact) mass is 612 g/mol. The largest absolute Gasteiger partial charge is 0.511 e. The minimum atomic E-state index is -1.38. The van der Waals surface area contributed by atoms with Crippen LogP contribution in [0, 0.1) is 11.3 Å². The number of esters is 1. The van der Waals surface area contributed by atoms with Crippen molar-refractivity contribution in [1.82, 2.24) is 5.32 Å². The van der Waals surface area contributed by atoms with Crippen molar-refractivity contribution in [2.24, 2.45) is 17.1 Å². The van der Waals surface area contributed by atoms with Gasteiger partial charge in [-0.3, -0.25) is 4.79 Å². The Morgan fingerprint density at radius 3 is 2.00 bits per heavy atom. The molecule has 228 valence electrons. The molecule has 11 heteroatoms. The lowest BCUT2D eigenvalue weighted by Gasteiger charge is -2.31. The van der Waals surface area contributed by atoms with E-state index in [9.17, 15) is 14.4 Å². The molecule has 0 fully saturated rings. The maximum Gasteiger partial charge on any atom is 0.511 e. The predicted molar refractivity (Wildman–Crippen MR) is 160 cm³/mol. The number of ether oxygens (including phenoxy) is 4.